The molecule has 0 heterocycles. The van der Waals surface area contributed by atoms with Crippen molar-refractivity contribution in [2.24, 2.45) is 0 Å². The molecule has 4 heteroatoms. The van der Waals surface area contributed by atoms with E-state index in [0.717, 1.165) is 0 Å². The van der Waals surface area contributed by atoms with Crippen molar-refractivity contribution in [1.82, 2.24) is 0 Å². The van der Waals surface area contributed by atoms with Crippen molar-refractivity contribution in [2.45, 2.75) is 0 Å². The van der Waals surface area contributed by atoms with Gasteiger partial charge in [0, 0.05) is 32.7 Å². The van der Waals surface area contributed by atoms with Crippen LogP contribution in [0.25, 0.3) is 0 Å². The Morgan fingerprint density at radius 2 is 1.25 bits per heavy atom. The molecule has 0 N–H and O–H groups in total. The predicted octanol–water partition coefficient (Wildman–Crippen LogP) is -1.31. The van der Waals surface area contributed by atoms with Gasteiger partial charge in [0.15, 0.2) is 0 Å². The van der Waals surface area contributed by atoms with Crippen molar-refractivity contribution in [3.8, 4) is 0 Å². The number of hydrogen-bond donors (Lipinski definition) is 0. The molecule has 28 valence electrons. The van der Waals surface area contributed by atoms with Gasteiger partial charge >= 0.3 is 46.0 Å². The van der Waals surface area contributed by atoms with Crippen LogP contribution in [0.5, 0.6) is 0 Å². The van der Waals surface area contributed by atoms with E-state index in [2.05, 4.69) is 15.9 Å². The van der Waals surface area contributed by atoms with E-state index in [0.29, 0.717) is 0 Å². The molecule has 0 aliphatic heterocycles. The summed E-state index contributed by atoms with van der Waals surface area (Å²) in [6, 6.07) is 0. The van der Waals surface area contributed by atoms with E-state index < -0.39 is 0 Å². The molecule has 1 nitrogen and oxygen atoms in total. The molecule has 0 rings (SSSR count). The van der Waals surface area contributed by atoms with Crippen molar-refractivity contribution >= 4 is 26.2 Å². The van der Waals surface area contributed by atoms with Crippen molar-refractivity contribution in [3.63, 3.8) is 0 Å². The molecule has 0 aliphatic carbocycles. The van der Waals surface area contributed by atoms with Crippen molar-refractivity contribution in [2.75, 3.05) is 0 Å². The topological polar surface area (TPSA) is 17.1 Å². The molecule has 0 fully saturated rings. The fourth-order valence-corrected chi connectivity index (χ4v) is 0. The van der Waals surface area contributed by atoms with Gasteiger partial charge in [-0.3, -0.25) is 0 Å². The summed E-state index contributed by atoms with van der Waals surface area (Å²) in [5, 5.41) is 0. The number of rotatable bonds is 0. The Balaban J connectivity index is -0.00000000500. The van der Waals surface area contributed by atoms with E-state index in [1.54, 1.807) is 0 Å². The molecule has 0 aliphatic rings. The third kappa shape index (κ3) is 8.85. The molecule has 0 saturated heterocycles. The van der Waals surface area contributed by atoms with Gasteiger partial charge in [0.2, 0.25) is 0 Å². The normalized spacial score (nSPS) is 1.50. The van der Waals surface area contributed by atoms with Gasteiger partial charge in [-0.1, -0.05) is 0 Å². The largest absolute Gasteiger partial charge is 0 e. The third-order valence-corrected chi connectivity index (χ3v) is 0. The van der Waals surface area contributed by atoms with Gasteiger partial charge in [0.1, 0.15) is 0 Å². The summed E-state index contributed by atoms with van der Waals surface area (Å²) < 4.78 is 7.81. The quantitative estimate of drug-likeness (QED) is 0.477. The maximum Gasteiger partial charge on any atom is 0 e. The zero-order valence-electron chi connectivity index (χ0n) is 1.99. The van der Waals surface area contributed by atoms with Crippen LogP contribution < -0.4 is 0 Å². The van der Waals surface area contributed by atoms with Crippen molar-refractivity contribution in [3.05, 3.63) is 0 Å². The Morgan fingerprint density at radius 3 is 1.25 bits per heavy atom. The van der Waals surface area contributed by atoms with Gasteiger partial charge in [-0.25, -0.2) is 0 Å². The van der Waals surface area contributed by atoms with E-state index in [4.69, 9.17) is 3.83 Å². The second-order valence-corrected chi connectivity index (χ2v) is 0. The molecule has 4 heavy (non-hydrogen) atoms. The van der Waals surface area contributed by atoms with E-state index in [1.807, 2.05) is 0 Å². The van der Waals surface area contributed by atoms with Crippen LogP contribution in [-0.4, -0.2) is 26.2 Å². The van der Waals surface area contributed by atoms with Crippen LogP contribution in [-0.2, 0) is 52.5 Å². The van der Waals surface area contributed by atoms with Crippen LogP contribution in [0.4, 0.5) is 0 Å². The maximum absolute atomic E-state index is 7.81. The summed E-state index contributed by atoms with van der Waals surface area (Å²) >= 11 is 2.94. The Kier molecular flexibility index (Phi) is 75.1. The Hall–Kier alpha value is 2.31. The molecule has 0 atom stereocenters. The molecule has 0 aromatic heterocycles. The van der Waals surface area contributed by atoms with Crippen LogP contribution >= 0.6 is 0 Å². The Morgan fingerprint density at radius 1 is 1.25 bits per heavy atom. The molecular weight excluding hydrogens is 377 g/mol. The van der Waals surface area contributed by atoms with E-state index in [1.165, 1.54) is 0 Å². The molecule has 0 aromatic rings. The van der Waals surface area contributed by atoms with Crippen molar-refractivity contribution in [1.29, 1.82) is 0 Å². The van der Waals surface area contributed by atoms with Crippen LogP contribution in [0.1, 0.15) is 0 Å². The summed E-state index contributed by atoms with van der Waals surface area (Å²) in [5.41, 5.74) is 0. The summed E-state index contributed by atoms with van der Waals surface area (Å²) in [6.45, 7) is 0. The Bertz CT molecular complexity index is 8.00. The second kappa shape index (κ2) is 18.5. The zero-order chi connectivity index (χ0) is 2.00. The minimum absolute atomic E-state index is 0. The van der Waals surface area contributed by atoms with Gasteiger partial charge in [0.05, 0.1) is 0 Å². The zero-order valence-corrected chi connectivity index (χ0v) is 11.3. The fourth-order valence-electron chi connectivity index (χ4n) is 0. The molecule has 0 bridgehead atoms. The van der Waals surface area contributed by atoms with E-state index >= 15 is 0 Å². The summed E-state index contributed by atoms with van der Waals surface area (Å²) in [4.78, 5) is 0. The molecule has 0 unspecified atom stereocenters. The SMILES string of the molecule is [BiH3].[O]=[Cu].[Y]. The van der Waals surface area contributed by atoms with Gasteiger partial charge in [-0.2, -0.15) is 0 Å². The predicted molar refractivity (Wildman–Crippen MR) is 10.6 cm³/mol. The fraction of sp³-hybridized carbons (Fsp3) is 0. The molecule has 0 spiro atoms. The molecule has 0 amide bonds. The summed E-state index contributed by atoms with van der Waals surface area (Å²) in [5.74, 6) is 0. The third-order valence-electron chi connectivity index (χ3n) is 0. The Labute approximate surface area is 77.3 Å². The van der Waals surface area contributed by atoms with Crippen LogP contribution in [0.15, 0.2) is 0 Å². The first-order chi connectivity index (χ1) is 1.00. The average Bonchev–Trinajstić information content (AvgIpc) is 1.00. The van der Waals surface area contributed by atoms with E-state index in [9.17, 15) is 0 Å². The van der Waals surface area contributed by atoms with Crippen LogP contribution in [0.2, 0.25) is 0 Å². The van der Waals surface area contributed by atoms with Crippen LogP contribution in [0, 0.1) is 0 Å². The summed E-state index contributed by atoms with van der Waals surface area (Å²) in [7, 11) is 0. The molecule has 0 aromatic carbocycles. The number of hydrogen-bond acceptors (Lipinski definition) is 1. The summed E-state index contributed by atoms with van der Waals surface area (Å²) in [6.07, 6.45) is 0. The minimum Gasteiger partial charge on any atom is 0 e. The molecular formula is H3BiCuOY. The van der Waals surface area contributed by atoms with Gasteiger partial charge in [-0.15, -0.1) is 0 Å². The first-order valence-corrected chi connectivity index (χ1v) is 0.508. The first-order valence-electron chi connectivity index (χ1n) is 0.123. The second-order valence-electron chi connectivity index (χ2n) is 0. The average molecular weight is 380 g/mol. The van der Waals surface area contributed by atoms with Gasteiger partial charge < -0.3 is 0 Å². The maximum atomic E-state index is 7.81. The first kappa shape index (κ1) is 16.2. The van der Waals surface area contributed by atoms with Gasteiger partial charge in [0.25, 0.3) is 0 Å². The smallest absolute Gasteiger partial charge is 0 e. The monoisotopic (exact) mass is 380 g/mol. The minimum atomic E-state index is 0. The molecule has 1 radical (unpaired) electrons. The molecule has 0 saturated carbocycles. The van der Waals surface area contributed by atoms with Crippen molar-refractivity contribution < 1.29 is 52.5 Å². The van der Waals surface area contributed by atoms with Crippen LogP contribution in [0.3, 0.4) is 0 Å². The van der Waals surface area contributed by atoms with E-state index in [-0.39, 0.29) is 58.9 Å². The van der Waals surface area contributed by atoms with Gasteiger partial charge in [-0.05, 0) is 0 Å². The standard InChI is InChI=1S/Bi.Cu.O.Y.3H.